The van der Waals surface area contributed by atoms with Gasteiger partial charge in [-0.25, -0.2) is 4.79 Å². The smallest absolute Gasteiger partial charge is 0.326 e. The molecule has 0 rings (SSSR count). The van der Waals surface area contributed by atoms with Crippen LogP contribution in [-0.4, -0.2) is 167 Å². The number of aliphatic hydroxyl groups is 1. The first-order valence-corrected chi connectivity index (χ1v) is 27.7. The van der Waals surface area contributed by atoms with E-state index in [-0.39, 0.29) is 100 Å². The number of aliphatic carboxylic acids is 1. The molecule has 22 N–H and O–H groups in total. The number of carbonyl (C=O) groups excluding carboxylic acids is 9. The van der Waals surface area contributed by atoms with Gasteiger partial charge >= 0.3 is 5.97 Å². The van der Waals surface area contributed by atoms with Gasteiger partial charge in [-0.15, -0.1) is 0 Å². The highest BCUT2D eigenvalue weighted by atomic mass is 32.2. The van der Waals surface area contributed by atoms with Crippen molar-refractivity contribution in [3.63, 3.8) is 0 Å². The van der Waals surface area contributed by atoms with Gasteiger partial charge in [0.25, 0.3) is 0 Å². The van der Waals surface area contributed by atoms with Crippen LogP contribution in [-0.2, 0) is 47.9 Å². The molecule has 78 heavy (non-hydrogen) atoms. The lowest BCUT2D eigenvalue weighted by molar-refractivity contribution is -0.143. The molecule has 0 aromatic carbocycles. The summed E-state index contributed by atoms with van der Waals surface area (Å²) in [5.41, 5.74) is 33.3. The molecular weight excluding hydrogens is 1040 g/mol. The number of aliphatic imine (C=N–C) groups is 2. The lowest BCUT2D eigenvalue weighted by Gasteiger charge is -2.29. The molecule has 0 saturated carbocycles. The zero-order chi connectivity index (χ0) is 59.8. The first-order valence-electron chi connectivity index (χ1n) is 26.3. The summed E-state index contributed by atoms with van der Waals surface area (Å²) in [5, 5.41) is 40.7. The van der Waals surface area contributed by atoms with E-state index in [0.717, 1.165) is 0 Å². The van der Waals surface area contributed by atoms with Gasteiger partial charge in [-0.2, -0.15) is 11.8 Å². The average molecular weight is 1130 g/mol. The summed E-state index contributed by atoms with van der Waals surface area (Å²) >= 11 is 1.46. The number of primary amides is 1. The number of hydrogen-bond donors (Lipinski definition) is 16. The Morgan fingerprint density at radius 3 is 1.09 bits per heavy atom. The molecule has 0 spiro atoms. The first-order chi connectivity index (χ1) is 36.4. The SMILES string of the molecule is CSCC[C@H](NC(=O)[C@@H](N)CC(C)C)C(=O)N[C@@H](CC(C)C)C(=O)N[C@@H](CC(C)C)C(=O)N[C@@H](CCCN=C(N)N)C(=O)N[C@@H](CO)C(=O)N[C@@H](CCC(N)=O)C(=O)N[C@@H](CCCN=C(N)N)C(=O)N[C@@H](CC(C)C)C(=O)O. The number of carbonyl (C=O) groups is 10. The van der Waals surface area contributed by atoms with Gasteiger partial charge in [-0.05, 0) is 99.9 Å². The number of thioether (sulfide) groups is 1. The maximum atomic E-state index is 14.2. The maximum Gasteiger partial charge on any atom is 0.326 e. The topological polar surface area (TPSA) is 488 Å². The lowest BCUT2D eigenvalue weighted by atomic mass is 9.99. The number of rotatable bonds is 40. The fourth-order valence-electron chi connectivity index (χ4n) is 7.70. The third-order valence-corrected chi connectivity index (χ3v) is 12.2. The van der Waals surface area contributed by atoms with E-state index in [0.29, 0.717) is 12.2 Å². The Balaban J connectivity index is 6.82. The molecule has 0 aromatic rings. The molecule has 0 aliphatic carbocycles. The molecule has 0 saturated heterocycles. The Hall–Kier alpha value is -6.49. The van der Waals surface area contributed by atoms with Crippen molar-refractivity contribution >= 4 is 82.8 Å². The molecule has 0 heterocycles. The third-order valence-electron chi connectivity index (χ3n) is 11.6. The number of nitrogens with two attached hydrogens (primary N) is 6. The monoisotopic (exact) mass is 1130 g/mol. The van der Waals surface area contributed by atoms with Crippen molar-refractivity contribution in [3.05, 3.63) is 0 Å². The maximum absolute atomic E-state index is 14.2. The Labute approximate surface area is 462 Å². The van der Waals surface area contributed by atoms with Crippen LogP contribution >= 0.6 is 11.8 Å². The van der Waals surface area contributed by atoms with Gasteiger partial charge in [0, 0.05) is 19.5 Å². The van der Waals surface area contributed by atoms with Crippen molar-refractivity contribution in [1.82, 2.24) is 42.5 Å². The molecule has 0 unspecified atom stereocenters. The van der Waals surface area contributed by atoms with Gasteiger partial charge in [0.05, 0.1) is 12.6 Å². The van der Waals surface area contributed by atoms with E-state index in [1.807, 2.05) is 34.0 Å². The molecule has 9 atom stereocenters. The van der Waals surface area contributed by atoms with E-state index in [4.69, 9.17) is 34.4 Å². The average Bonchev–Trinajstić information content (AvgIpc) is 3.32. The van der Waals surface area contributed by atoms with Gasteiger partial charge < -0.3 is 87.1 Å². The van der Waals surface area contributed by atoms with Gasteiger partial charge in [-0.3, -0.25) is 53.1 Å². The van der Waals surface area contributed by atoms with Crippen molar-refractivity contribution < 1.29 is 58.2 Å². The van der Waals surface area contributed by atoms with E-state index in [1.54, 1.807) is 27.7 Å². The first kappa shape index (κ1) is 71.5. The molecule has 0 fully saturated rings. The fraction of sp³-hybridized carbons (Fsp3) is 0.755. The quantitative estimate of drug-likeness (QED) is 0.0161. The Bertz CT molecular complexity index is 2020. The highest BCUT2D eigenvalue weighted by molar-refractivity contribution is 7.98. The van der Waals surface area contributed by atoms with E-state index >= 15 is 0 Å². The largest absolute Gasteiger partial charge is 0.480 e. The second-order valence-corrected chi connectivity index (χ2v) is 21.8. The van der Waals surface area contributed by atoms with Gasteiger partial charge in [0.15, 0.2) is 11.9 Å². The van der Waals surface area contributed by atoms with Crippen molar-refractivity contribution in [1.29, 1.82) is 0 Å². The van der Waals surface area contributed by atoms with Crippen LogP contribution in [0.1, 0.15) is 126 Å². The van der Waals surface area contributed by atoms with Crippen LogP contribution in [0.15, 0.2) is 9.98 Å². The van der Waals surface area contributed by atoms with Crippen LogP contribution in [0.5, 0.6) is 0 Å². The fourth-order valence-corrected chi connectivity index (χ4v) is 8.17. The Morgan fingerprint density at radius 1 is 0.436 bits per heavy atom. The van der Waals surface area contributed by atoms with Gasteiger partial charge in [0.1, 0.15) is 48.3 Å². The highest BCUT2D eigenvalue weighted by Crippen LogP contribution is 2.13. The minimum atomic E-state index is -1.80. The van der Waals surface area contributed by atoms with Crippen LogP contribution in [0.25, 0.3) is 0 Å². The number of guanidine groups is 2. The normalized spacial score (nSPS) is 14.7. The summed E-state index contributed by atoms with van der Waals surface area (Å²) in [6.45, 7) is 13.5. The molecule has 29 heteroatoms. The van der Waals surface area contributed by atoms with Gasteiger partial charge in [-0.1, -0.05) is 55.4 Å². The minimum Gasteiger partial charge on any atom is -0.480 e. The summed E-state index contributed by atoms with van der Waals surface area (Å²) < 4.78 is 0. The van der Waals surface area contributed by atoms with Crippen LogP contribution in [0.4, 0.5) is 0 Å². The number of amides is 9. The Kier molecular flexibility index (Phi) is 35.0. The van der Waals surface area contributed by atoms with Crippen molar-refractivity contribution in [2.24, 2.45) is 68.1 Å². The van der Waals surface area contributed by atoms with Crippen molar-refractivity contribution in [2.45, 2.75) is 180 Å². The molecule has 28 nitrogen and oxygen atoms in total. The number of nitrogens with one attached hydrogen (secondary N) is 8. The summed E-state index contributed by atoms with van der Waals surface area (Å²) in [4.78, 5) is 142. The van der Waals surface area contributed by atoms with Crippen LogP contribution < -0.4 is 76.9 Å². The molecule has 0 radical (unpaired) electrons. The van der Waals surface area contributed by atoms with Crippen LogP contribution in [0, 0.1) is 23.7 Å². The van der Waals surface area contributed by atoms with Crippen molar-refractivity contribution in [3.8, 4) is 0 Å². The molecule has 0 bridgehead atoms. The third kappa shape index (κ3) is 31.0. The van der Waals surface area contributed by atoms with E-state index in [9.17, 15) is 58.2 Å². The number of nitrogens with zero attached hydrogens (tertiary/aromatic N) is 2. The summed E-state index contributed by atoms with van der Waals surface area (Å²) in [6, 6.07) is -12.0. The van der Waals surface area contributed by atoms with Crippen molar-refractivity contribution in [2.75, 3.05) is 31.7 Å². The standard InChI is InChI=1S/C49H92N16O12S/c1-25(2)20-29(50)39(68)58-33(16-19-78-9)43(72)62-35(22-27(5)6)45(74)63-34(21-26(3)4)44(73)60-31(13-11-18-57-49(54)55)41(70)65-37(24-66)46(75)61-32(14-15-38(51)67)42(71)59-30(12-10-17-56-48(52)53)40(69)64-36(47(76)77)23-28(7)8/h25-37,66H,10-24,50H2,1-9H3,(H2,51,67)(H,58,68)(H,59,71)(H,60,73)(H,61,75)(H,62,72)(H,63,74)(H,64,69)(H,65,70)(H,76,77)(H4,52,53,56)(H4,54,55,57)/t29-,30-,31-,32-,33-,34-,35-,36-,37-/m0/s1. The molecule has 9 amide bonds. The van der Waals surface area contributed by atoms with E-state index in [2.05, 4.69) is 52.5 Å². The zero-order valence-corrected chi connectivity index (χ0v) is 47.7. The summed E-state index contributed by atoms with van der Waals surface area (Å²) in [5.74, 6) is -9.32. The molecular formula is C49H92N16O12S. The lowest BCUT2D eigenvalue weighted by Crippen LogP contribution is -2.61. The number of carboxylic acid groups (broad SMARTS) is 1. The molecule has 0 aromatic heterocycles. The molecule has 446 valence electrons. The predicted octanol–water partition coefficient (Wildman–Crippen LogP) is -3.42. The highest BCUT2D eigenvalue weighted by Gasteiger charge is 2.35. The second-order valence-electron chi connectivity index (χ2n) is 20.8. The molecule has 0 aliphatic heterocycles. The summed E-state index contributed by atoms with van der Waals surface area (Å²) in [7, 11) is 0. The zero-order valence-electron chi connectivity index (χ0n) is 46.9. The Morgan fingerprint density at radius 2 is 0.744 bits per heavy atom. The second kappa shape index (κ2) is 38.1. The number of hydrogen-bond acceptors (Lipinski definition) is 15. The van der Waals surface area contributed by atoms with Crippen LogP contribution in [0.2, 0.25) is 0 Å². The van der Waals surface area contributed by atoms with Crippen LogP contribution in [0.3, 0.4) is 0 Å². The summed E-state index contributed by atoms with van der Waals surface area (Å²) in [6.07, 6.45) is 1.75. The van der Waals surface area contributed by atoms with Gasteiger partial charge in [0.2, 0.25) is 53.2 Å². The van der Waals surface area contributed by atoms with E-state index in [1.165, 1.54) is 11.8 Å². The predicted molar refractivity (Wildman–Crippen MR) is 297 cm³/mol. The van der Waals surface area contributed by atoms with E-state index < -0.39 is 133 Å². The number of aliphatic hydroxyl groups excluding tert-OH is 1. The number of carboxylic acids is 1. The molecule has 0 aliphatic rings. The minimum absolute atomic E-state index is 0.00462.